The second kappa shape index (κ2) is 13.7. The maximum atomic E-state index is 12.4. The SMILES string of the molecule is COc1ccc(-c2ccc(Sc3c(CC(C)(C)C(=O)O)n(Cc4ccccc4)c4cc(OCc5ccc(C)cn5)ccc34)cc2)cn1. The Morgan fingerprint density at radius 2 is 1.66 bits per heavy atom. The Morgan fingerprint density at radius 1 is 0.894 bits per heavy atom. The monoisotopic (exact) mass is 643 g/mol. The summed E-state index contributed by atoms with van der Waals surface area (Å²) in [5, 5.41) is 11.2. The van der Waals surface area contributed by atoms with Crippen molar-refractivity contribution in [1.82, 2.24) is 14.5 Å². The topological polar surface area (TPSA) is 86.5 Å². The van der Waals surface area contributed by atoms with Gasteiger partial charge < -0.3 is 19.1 Å². The quantitative estimate of drug-likeness (QED) is 0.143. The van der Waals surface area contributed by atoms with Crippen LogP contribution in [0.3, 0.4) is 0 Å². The molecular weight excluding hydrogens is 607 g/mol. The molecule has 0 aliphatic heterocycles. The van der Waals surface area contributed by atoms with Gasteiger partial charge in [-0.25, -0.2) is 4.98 Å². The number of nitrogens with zero attached hydrogens (tertiary/aromatic N) is 3. The molecule has 3 aromatic heterocycles. The number of carbonyl (C=O) groups is 1. The van der Waals surface area contributed by atoms with Crippen LogP contribution in [0.1, 0.15) is 36.4 Å². The fourth-order valence-corrected chi connectivity index (χ4v) is 6.51. The lowest BCUT2D eigenvalue weighted by atomic mass is 9.88. The lowest BCUT2D eigenvalue weighted by molar-refractivity contribution is -0.146. The van der Waals surface area contributed by atoms with E-state index in [1.807, 2.05) is 61.7 Å². The minimum absolute atomic E-state index is 0.349. The van der Waals surface area contributed by atoms with Gasteiger partial charge in [0, 0.05) is 63.9 Å². The molecule has 0 radical (unpaired) electrons. The molecule has 3 heterocycles. The van der Waals surface area contributed by atoms with Crippen molar-refractivity contribution in [3.05, 3.63) is 132 Å². The molecule has 7 nitrogen and oxygen atoms in total. The smallest absolute Gasteiger partial charge is 0.309 e. The second-order valence-corrected chi connectivity index (χ2v) is 13.3. The van der Waals surface area contributed by atoms with Crippen LogP contribution in [0.25, 0.3) is 22.0 Å². The van der Waals surface area contributed by atoms with Gasteiger partial charge >= 0.3 is 5.97 Å². The number of benzene rings is 3. The van der Waals surface area contributed by atoms with E-state index in [9.17, 15) is 9.90 Å². The number of aliphatic carboxylic acids is 1. The normalized spacial score (nSPS) is 11.5. The Kier molecular flexibility index (Phi) is 9.31. The Labute approximate surface area is 279 Å². The Morgan fingerprint density at radius 3 is 2.32 bits per heavy atom. The van der Waals surface area contributed by atoms with Crippen molar-refractivity contribution in [2.45, 2.75) is 50.1 Å². The lowest BCUT2D eigenvalue weighted by Gasteiger charge is -2.22. The van der Waals surface area contributed by atoms with Gasteiger partial charge in [-0.1, -0.05) is 60.3 Å². The van der Waals surface area contributed by atoms with Gasteiger partial charge in [0.25, 0.3) is 0 Å². The van der Waals surface area contributed by atoms with E-state index in [2.05, 4.69) is 63.1 Å². The molecule has 6 aromatic rings. The molecule has 0 aliphatic rings. The van der Waals surface area contributed by atoms with Crippen molar-refractivity contribution in [1.29, 1.82) is 0 Å². The summed E-state index contributed by atoms with van der Waals surface area (Å²) in [7, 11) is 1.60. The van der Waals surface area contributed by atoms with Crippen LogP contribution >= 0.6 is 11.8 Å². The molecule has 0 aliphatic carbocycles. The number of carboxylic acid groups (broad SMARTS) is 1. The number of ether oxygens (including phenoxy) is 2. The Hall–Kier alpha value is -5.08. The fourth-order valence-electron chi connectivity index (χ4n) is 5.42. The molecule has 0 unspecified atom stereocenters. The minimum atomic E-state index is -0.986. The summed E-state index contributed by atoms with van der Waals surface area (Å²) in [5.41, 5.74) is 6.10. The summed E-state index contributed by atoms with van der Waals surface area (Å²) >= 11 is 1.65. The van der Waals surface area contributed by atoms with Gasteiger partial charge in [-0.05, 0) is 73.9 Å². The summed E-state index contributed by atoms with van der Waals surface area (Å²) in [6.07, 6.45) is 4.00. The van der Waals surface area contributed by atoms with Gasteiger partial charge in [-0.2, -0.15) is 0 Å². The molecule has 0 saturated carbocycles. The van der Waals surface area contributed by atoms with Gasteiger partial charge in [0.05, 0.1) is 23.7 Å². The molecule has 0 fully saturated rings. The van der Waals surface area contributed by atoms with Crippen LogP contribution in [0.4, 0.5) is 0 Å². The molecule has 8 heteroatoms. The second-order valence-electron chi connectivity index (χ2n) is 12.2. The summed E-state index contributed by atoms with van der Waals surface area (Å²) in [4.78, 5) is 23.4. The van der Waals surface area contributed by atoms with Gasteiger partial charge in [-0.3, -0.25) is 9.78 Å². The molecule has 0 saturated heterocycles. The van der Waals surface area contributed by atoms with Gasteiger partial charge in [0.1, 0.15) is 12.4 Å². The number of pyridine rings is 2. The molecule has 6 rings (SSSR count). The third kappa shape index (κ3) is 7.34. The largest absolute Gasteiger partial charge is 0.487 e. The highest BCUT2D eigenvalue weighted by molar-refractivity contribution is 7.99. The summed E-state index contributed by atoms with van der Waals surface area (Å²) in [6, 6.07) is 32.6. The number of methoxy groups -OCH3 is 1. The third-order valence-electron chi connectivity index (χ3n) is 8.18. The average molecular weight is 644 g/mol. The Balaban J connectivity index is 1.42. The molecular formula is C39H37N3O4S. The maximum absolute atomic E-state index is 12.4. The summed E-state index contributed by atoms with van der Waals surface area (Å²) in [5.74, 6) is 0.465. The van der Waals surface area contributed by atoms with Crippen molar-refractivity contribution in [2.75, 3.05) is 7.11 Å². The number of aromatic nitrogens is 3. The number of hydrogen-bond donors (Lipinski definition) is 1. The van der Waals surface area contributed by atoms with Crippen molar-refractivity contribution < 1.29 is 19.4 Å². The zero-order valence-corrected chi connectivity index (χ0v) is 27.8. The highest BCUT2D eigenvalue weighted by Gasteiger charge is 2.32. The van der Waals surface area contributed by atoms with Crippen molar-refractivity contribution in [2.24, 2.45) is 5.41 Å². The average Bonchev–Trinajstić information content (AvgIpc) is 3.35. The molecule has 0 spiro atoms. The van der Waals surface area contributed by atoms with Crippen LogP contribution in [-0.2, 0) is 24.4 Å². The first-order chi connectivity index (χ1) is 22.7. The van der Waals surface area contributed by atoms with Crippen LogP contribution in [-0.4, -0.2) is 32.7 Å². The van der Waals surface area contributed by atoms with Gasteiger partial charge in [0.15, 0.2) is 0 Å². The van der Waals surface area contributed by atoms with E-state index in [4.69, 9.17) is 9.47 Å². The predicted molar refractivity (Wildman–Crippen MR) is 186 cm³/mol. The van der Waals surface area contributed by atoms with Crippen LogP contribution in [0, 0.1) is 12.3 Å². The highest BCUT2D eigenvalue weighted by Crippen LogP contribution is 2.43. The third-order valence-corrected chi connectivity index (χ3v) is 9.34. The van der Waals surface area contributed by atoms with E-state index in [0.717, 1.165) is 60.1 Å². The van der Waals surface area contributed by atoms with Crippen molar-refractivity contribution in [3.63, 3.8) is 0 Å². The number of fused-ring (bicyclic) bond motifs is 1. The number of carboxylic acids is 1. The van der Waals surface area contributed by atoms with E-state index in [1.54, 1.807) is 38.9 Å². The minimum Gasteiger partial charge on any atom is -0.487 e. The van der Waals surface area contributed by atoms with E-state index in [-0.39, 0.29) is 0 Å². The van der Waals surface area contributed by atoms with Gasteiger partial charge in [-0.15, -0.1) is 0 Å². The molecule has 1 N–H and O–H groups in total. The summed E-state index contributed by atoms with van der Waals surface area (Å²) < 4.78 is 13.7. The molecule has 0 bridgehead atoms. The van der Waals surface area contributed by atoms with E-state index in [0.29, 0.717) is 25.5 Å². The zero-order valence-electron chi connectivity index (χ0n) is 26.9. The van der Waals surface area contributed by atoms with E-state index < -0.39 is 11.4 Å². The maximum Gasteiger partial charge on any atom is 0.309 e. The fraction of sp³-hybridized carbons (Fsp3) is 0.205. The van der Waals surface area contributed by atoms with Gasteiger partial charge in [0.2, 0.25) is 5.88 Å². The standard InChI is InChI=1S/C39H37N3O4S/c1-26-10-14-30(40-22-26)25-46-31-15-18-33-34(20-31)42(24-27-8-6-5-7-9-27)35(21-39(2,3)38(43)44)37(33)47-32-16-11-28(12-17-32)29-13-19-36(45-4)41-23-29/h5-20,22-23H,21,24-25H2,1-4H3,(H,43,44). The van der Waals surface area contributed by atoms with Crippen molar-refractivity contribution >= 4 is 28.6 Å². The number of hydrogen-bond acceptors (Lipinski definition) is 6. The number of aryl methyl sites for hydroxylation is 1. The first-order valence-corrected chi connectivity index (χ1v) is 16.3. The predicted octanol–water partition coefficient (Wildman–Crippen LogP) is 8.85. The van der Waals surface area contributed by atoms with Crippen LogP contribution in [0.5, 0.6) is 11.6 Å². The number of rotatable bonds is 12. The molecule has 3 aromatic carbocycles. The molecule has 238 valence electrons. The highest BCUT2D eigenvalue weighted by atomic mass is 32.2. The Bertz CT molecular complexity index is 1990. The van der Waals surface area contributed by atoms with E-state index in [1.165, 1.54) is 0 Å². The van der Waals surface area contributed by atoms with Crippen LogP contribution < -0.4 is 9.47 Å². The molecule has 47 heavy (non-hydrogen) atoms. The lowest BCUT2D eigenvalue weighted by Crippen LogP contribution is -2.27. The summed E-state index contributed by atoms with van der Waals surface area (Å²) in [6.45, 7) is 6.53. The molecule has 0 atom stereocenters. The van der Waals surface area contributed by atoms with E-state index >= 15 is 0 Å². The first-order valence-electron chi connectivity index (χ1n) is 15.5. The van der Waals surface area contributed by atoms with Crippen molar-refractivity contribution in [3.8, 4) is 22.8 Å². The van der Waals surface area contributed by atoms with Crippen LogP contribution in [0.15, 0.2) is 119 Å². The first kappa shape index (κ1) is 31.9. The van der Waals surface area contributed by atoms with Crippen LogP contribution in [0.2, 0.25) is 0 Å². The molecule has 0 amide bonds. The zero-order chi connectivity index (χ0) is 33.0.